The van der Waals surface area contributed by atoms with Gasteiger partial charge in [0.05, 0.1) is 18.9 Å². The monoisotopic (exact) mass is 451 g/mol. The maximum Gasteiger partial charge on any atom is 0.265 e. The van der Waals surface area contributed by atoms with Gasteiger partial charge in [-0.15, -0.1) is 0 Å². The molecule has 4 aromatic rings. The van der Waals surface area contributed by atoms with Gasteiger partial charge < -0.3 is 13.9 Å². The Labute approximate surface area is 187 Å². The first-order valence-corrected chi connectivity index (χ1v) is 11.9. The van der Waals surface area contributed by atoms with Gasteiger partial charge in [-0.1, -0.05) is 18.2 Å². The third-order valence-corrected chi connectivity index (χ3v) is 6.35. The van der Waals surface area contributed by atoms with Crippen molar-refractivity contribution in [1.82, 2.24) is 9.38 Å². The largest absolute Gasteiger partial charge is 0.494 e. The van der Waals surface area contributed by atoms with Crippen LogP contribution in [0.15, 0.2) is 71.9 Å². The molecule has 0 saturated carbocycles. The SMILES string of the molecule is CCOc1ccc(S(=O)(=O)Nc2ccc(-c3cn4cccc(C)c4n3)cc2)c(OCC)c1. The molecule has 0 atom stereocenters. The van der Waals surface area contributed by atoms with E-state index in [9.17, 15) is 8.42 Å². The van der Waals surface area contributed by atoms with E-state index in [1.807, 2.05) is 54.9 Å². The number of fused-ring (bicyclic) bond motifs is 1. The minimum Gasteiger partial charge on any atom is -0.494 e. The Bertz CT molecular complexity index is 1350. The number of aryl methyl sites for hydroxylation is 1. The normalized spacial score (nSPS) is 11.5. The van der Waals surface area contributed by atoms with Gasteiger partial charge in [0.15, 0.2) is 0 Å². The number of anilines is 1. The molecule has 8 heteroatoms. The van der Waals surface area contributed by atoms with Crippen LogP contribution >= 0.6 is 0 Å². The van der Waals surface area contributed by atoms with Crippen LogP contribution in [0.4, 0.5) is 5.69 Å². The Morgan fingerprint density at radius 1 is 1.00 bits per heavy atom. The maximum atomic E-state index is 13.0. The third-order valence-electron chi connectivity index (χ3n) is 4.93. The van der Waals surface area contributed by atoms with E-state index >= 15 is 0 Å². The van der Waals surface area contributed by atoms with E-state index in [4.69, 9.17) is 9.47 Å². The highest BCUT2D eigenvalue weighted by Crippen LogP contribution is 2.31. The average Bonchev–Trinajstić information content (AvgIpc) is 3.20. The summed E-state index contributed by atoms with van der Waals surface area (Å²) in [5.74, 6) is 0.810. The van der Waals surface area contributed by atoms with Crippen LogP contribution < -0.4 is 14.2 Å². The van der Waals surface area contributed by atoms with Crippen LogP contribution in [0, 0.1) is 6.92 Å². The number of ether oxygens (including phenoxy) is 2. The molecular weight excluding hydrogens is 426 g/mol. The van der Waals surface area contributed by atoms with Crippen molar-refractivity contribution in [3.8, 4) is 22.8 Å². The van der Waals surface area contributed by atoms with Crippen LogP contribution in [-0.4, -0.2) is 31.0 Å². The summed E-state index contributed by atoms with van der Waals surface area (Å²) in [6.07, 6.45) is 3.91. The molecule has 0 unspecified atom stereocenters. The highest BCUT2D eigenvalue weighted by atomic mass is 32.2. The standard InChI is InChI=1S/C24H25N3O4S/c1-4-30-20-12-13-23(22(15-20)31-5-2)32(28,29)26-19-10-8-18(9-11-19)21-16-27-14-6-7-17(3)24(27)25-21/h6-16,26H,4-5H2,1-3H3. The van der Waals surface area contributed by atoms with Gasteiger partial charge in [0, 0.05) is 29.7 Å². The molecule has 0 aliphatic heterocycles. The molecule has 0 fully saturated rings. The van der Waals surface area contributed by atoms with Crippen LogP contribution in [0.1, 0.15) is 19.4 Å². The van der Waals surface area contributed by atoms with Gasteiger partial charge in [0.1, 0.15) is 22.0 Å². The van der Waals surface area contributed by atoms with E-state index in [1.165, 1.54) is 6.07 Å². The van der Waals surface area contributed by atoms with Crippen molar-refractivity contribution in [3.63, 3.8) is 0 Å². The van der Waals surface area contributed by atoms with Crippen molar-refractivity contribution >= 4 is 21.4 Å². The first-order valence-electron chi connectivity index (χ1n) is 10.4. The molecule has 0 amide bonds. The van der Waals surface area contributed by atoms with Crippen LogP contribution in [0.2, 0.25) is 0 Å². The van der Waals surface area contributed by atoms with Crippen LogP contribution in [0.5, 0.6) is 11.5 Å². The Morgan fingerprint density at radius 2 is 1.75 bits per heavy atom. The van der Waals surface area contributed by atoms with Gasteiger partial charge in [-0.05, 0) is 56.7 Å². The summed E-state index contributed by atoms with van der Waals surface area (Å²) in [5, 5.41) is 0. The summed E-state index contributed by atoms with van der Waals surface area (Å²) < 4.78 is 41.7. The molecule has 4 rings (SSSR count). The molecule has 2 aromatic heterocycles. The molecule has 7 nitrogen and oxygen atoms in total. The Morgan fingerprint density at radius 3 is 2.44 bits per heavy atom. The highest BCUT2D eigenvalue weighted by molar-refractivity contribution is 7.92. The number of nitrogens with one attached hydrogen (secondary N) is 1. The molecule has 2 heterocycles. The zero-order valence-electron chi connectivity index (χ0n) is 18.2. The number of hydrogen-bond donors (Lipinski definition) is 1. The average molecular weight is 452 g/mol. The molecule has 0 saturated heterocycles. The fourth-order valence-electron chi connectivity index (χ4n) is 3.45. The van der Waals surface area contributed by atoms with E-state index in [1.54, 1.807) is 31.2 Å². The van der Waals surface area contributed by atoms with Crippen molar-refractivity contribution in [2.24, 2.45) is 0 Å². The number of imidazole rings is 1. The summed E-state index contributed by atoms with van der Waals surface area (Å²) in [6.45, 7) is 6.50. The molecule has 0 radical (unpaired) electrons. The Hall–Kier alpha value is -3.52. The topological polar surface area (TPSA) is 81.9 Å². The lowest BCUT2D eigenvalue weighted by molar-refractivity contribution is 0.317. The molecule has 0 spiro atoms. The van der Waals surface area contributed by atoms with Crippen LogP contribution in [0.3, 0.4) is 0 Å². The summed E-state index contributed by atoms with van der Waals surface area (Å²) in [4.78, 5) is 4.74. The van der Waals surface area contributed by atoms with Gasteiger partial charge >= 0.3 is 0 Å². The summed E-state index contributed by atoms with van der Waals surface area (Å²) in [6, 6.07) is 15.8. The van der Waals surface area contributed by atoms with Crippen molar-refractivity contribution < 1.29 is 17.9 Å². The first-order chi connectivity index (χ1) is 15.4. The molecule has 0 aliphatic rings. The lowest BCUT2D eigenvalue weighted by Gasteiger charge is -2.14. The molecule has 32 heavy (non-hydrogen) atoms. The van der Waals surface area contributed by atoms with Gasteiger partial charge in [0.2, 0.25) is 0 Å². The van der Waals surface area contributed by atoms with Crippen LogP contribution in [0.25, 0.3) is 16.9 Å². The predicted octanol–water partition coefficient (Wildman–Crippen LogP) is 4.91. The predicted molar refractivity (Wildman–Crippen MR) is 125 cm³/mol. The van der Waals surface area contributed by atoms with E-state index in [2.05, 4.69) is 9.71 Å². The van der Waals surface area contributed by atoms with Crippen molar-refractivity contribution in [3.05, 3.63) is 72.6 Å². The van der Waals surface area contributed by atoms with Crippen molar-refractivity contribution in [2.45, 2.75) is 25.7 Å². The first kappa shape index (κ1) is 21.7. The number of benzene rings is 2. The second-order valence-electron chi connectivity index (χ2n) is 7.21. The lowest BCUT2D eigenvalue weighted by atomic mass is 10.1. The second-order valence-corrected chi connectivity index (χ2v) is 8.86. The molecule has 0 aliphatic carbocycles. The van der Waals surface area contributed by atoms with Gasteiger partial charge in [-0.3, -0.25) is 4.72 Å². The molecule has 2 aromatic carbocycles. The number of rotatable bonds is 8. The lowest BCUT2D eigenvalue weighted by Crippen LogP contribution is -2.14. The van der Waals surface area contributed by atoms with Crippen molar-refractivity contribution in [1.29, 1.82) is 0 Å². The van der Waals surface area contributed by atoms with Gasteiger partial charge in [0.25, 0.3) is 10.0 Å². The van der Waals surface area contributed by atoms with Gasteiger partial charge in [-0.25, -0.2) is 13.4 Å². The number of sulfonamides is 1. The summed E-state index contributed by atoms with van der Waals surface area (Å²) >= 11 is 0. The fraction of sp³-hybridized carbons (Fsp3) is 0.208. The van der Waals surface area contributed by atoms with Crippen LogP contribution in [-0.2, 0) is 10.0 Å². The zero-order chi connectivity index (χ0) is 22.7. The Balaban J connectivity index is 1.59. The molecule has 0 bridgehead atoms. The fourth-order valence-corrected chi connectivity index (χ4v) is 4.63. The number of nitrogens with zero attached hydrogens (tertiary/aromatic N) is 2. The zero-order valence-corrected chi connectivity index (χ0v) is 19.0. The van der Waals surface area contributed by atoms with Crippen molar-refractivity contribution in [2.75, 3.05) is 17.9 Å². The van der Waals surface area contributed by atoms with E-state index in [0.29, 0.717) is 24.7 Å². The smallest absolute Gasteiger partial charge is 0.265 e. The van der Waals surface area contributed by atoms with E-state index in [-0.39, 0.29) is 10.6 Å². The minimum absolute atomic E-state index is 0.0581. The summed E-state index contributed by atoms with van der Waals surface area (Å²) in [7, 11) is -3.85. The van der Waals surface area contributed by atoms with E-state index in [0.717, 1.165) is 22.5 Å². The number of pyridine rings is 1. The molecule has 166 valence electrons. The van der Waals surface area contributed by atoms with E-state index < -0.39 is 10.0 Å². The third kappa shape index (κ3) is 4.40. The minimum atomic E-state index is -3.85. The summed E-state index contributed by atoms with van der Waals surface area (Å²) in [5.41, 5.74) is 4.14. The second kappa shape index (κ2) is 8.92. The Kier molecular flexibility index (Phi) is 6.05. The molecule has 1 N–H and O–H groups in total. The quantitative estimate of drug-likeness (QED) is 0.412. The van der Waals surface area contributed by atoms with Gasteiger partial charge in [-0.2, -0.15) is 0 Å². The highest BCUT2D eigenvalue weighted by Gasteiger charge is 2.21. The number of hydrogen-bond acceptors (Lipinski definition) is 5. The molecular formula is C24H25N3O4S. The maximum absolute atomic E-state index is 13.0. The number of aromatic nitrogens is 2.